The molecule has 140 valence electrons. The predicted molar refractivity (Wildman–Crippen MR) is 99.6 cm³/mol. The summed E-state index contributed by atoms with van der Waals surface area (Å²) in [5.74, 6) is 0. The van der Waals surface area contributed by atoms with Crippen molar-refractivity contribution >= 4 is 20.0 Å². The Morgan fingerprint density at radius 1 is 0.769 bits per heavy atom. The van der Waals surface area contributed by atoms with E-state index in [4.69, 9.17) is 0 Å². The fourth-order valence-corrected chi connectivity index (χ4v) is 6.05. The third-order valence-corrected chi connectivity index (χ3v) is 8.32. The summed E-state index contributed by atoms with van der Waals surface area (Å²) in [6.45, 7) is 5.42. The van der Waals surface area contributed by atoms with Gasteiger partial charge in [0, 0.05) is 12.6 Å². The quantitative estimate of drug-likeness (QED) is 0.798. The standard InChI is InChI=1S/C18H22N2O4S2/c1-14-4-8-17(9-5-14)25(21,22)19-12-16(3)20(13-19)26(23,24)18-10-6-15(2)7-11-18/h4-11,16H,12-13H2,1-3H3/t16-/m1/s1. The van der Waals surface area contributed by atoms with Crippen molar-refractivity contribution in [2.24, 2.45) is 0 Å². The second-order valence-corrected chi connectivity index (χ2v) is 10.5. The highest BCUT2D eigenvalue weighted by Crippen LogP contribution is 2.28. The summed E-state index contributed by atoms with van der Waals surface area (Å²) >= 11 is 0. The Labute approximate surface area is 155 Å². The molecule has 1 atom stereocenters. The van der Waals surface area contributed by atoms with Gasteiger partial charge in [-0.3, -0.25) is 0 Å². The van der Waals surface area contributed by atoms with Gasteiger partial charge < -0.3 is 0 Å². The molecule has 0 N–H and O–H groups in total. The van der Waals surface area contributed by atoms with Crippen LogP contribution in [0.3, 0.4) is 0 Å². The van der Waals surface area contributed by atoms with E-state index in [0.29, 0.717) is 0 Å². The van der Waals surface area contributed by atoms with Crippen LogP contribution in [-0.4, -0.2) is 44.7 Å². The minimum absolute atomic E-state index is 0.126. The Morgan fingerprint density at radius 3 is 1.65 bits per heavy atom. The van der Waals surface area contributed by atoms with Crippen molar-refractivity contribution < 1.29 is 16.8 Å². The van der Waals surface area contributed by atoms with E-state index in [9.17, 15) is 16.8 Å². The summed E-state index contributed by atoms with van der Waals surface area (Å²) in [4.78, 5) is 0.342. The summed E-state index contributed by atoms with van der Waals surface area (Å²) in [5.41, 5.74) is 1.92. The third kappa shape index (κ3) is 3.42. The Bertz CT molecular complexity index is 998. The zero-order valence-electron chi connectivity index (χ0n) is 15.0. The normalized spacial score (nSPS) is 19.7. The molecule has 8 heteroatoms. The number of hydrogen-bond acceptors (Lipinski definition) is 4. The topological polar surface area (TPSA) is 74.8 Å². The number of rotatable bonds is 4. The lowest BCUT2D eigenvalue weighted by molar-refractivity contribution is 0.390. The molecule has 0 aromatic heterocycles. The minimum Gasteiger partial charge on any atom is -0.207 e. The number of benzene rings is 2. The van der Waals surface area contributed by atoms with Crippen LogP contribution in [0.5, 0.6) is 0 Å². The summed E-state index contributed by atoms with van der Waals surface area (Å²) in [5, 5.41) is 0. The van der Waals surface area contributed by atoms with Crippen molar-refractivity contribution in [1.82, 2.24) is 8.61 Å². The molecule has 0 spiro atoms. The first-order valence-corrected chi connectivity index (χ1v) is 11.2. The first-order valence-electron chi connectivity index (χ1n) is 8.28. The average molecular weight is 395 g/mol. The highest BCUT2D eigenvalue weighted by atomic mass is 32.2. The van der Waals surface area contributed by atoms with Crippen molar-refractivity contribution in [3.05, 3.63) is 59.7 Å². The number of hydrogen-bond donors (Lipinski definition) is 0. The Hall–Kier alpha value is -1.74. The van der Waals surface area contributed by atoms with Crippen LogP contribution in [0.4, 0.5) is 0 Å². The smallest absolute Gasteiger partial charge is 0.207 e. The molecule has 26 heavy (non-hydrogen) atoms. The zero-order valence-corrected chi connectivity index (χ0v) is 16.6. The Morgan fingerprint density at radius 2 is 1.19 bits per heavy atom. The highest BCUT2D eigenvalue weighted by molar-refractivity contribution is 7.90. The third-order valence-electron chi connectivity index (χ3n) is 4.54. The van der Waals surface area contributed by atoms with Gasteiger partial charge in [0.15, 0.2) is 0 Å². The molecule has 1 fully saturated rings. The van der Waals surface area contributed by atoms with Gasteiger partial charge in [0.1, 0.15) is 0 Å². The van der Waals surface area contributed by atoms with Crippen molar-refractivity contribution in [2.45, 2.75) is 36.6 Å². The van der Waals surface area contributed by atoms with E-state index in [2.05, 4.69) is 0 Å². The van der Waals surface area contributed by atoms with E-state index in [0.717, 1.165) is 11.1 Å². The summed E-state index contributed by atoms with van der Waals surface area (Å²) in [6, 6.07) is 12.7. The Kier molecular flexibility index (Phi) is 4.96. The van der Waals surface area contributed by atoms with Crippen LogP contribution in [0.25, 0.3) is 0 Å². The lowest BCUT2D eigenvalue weighted by Gasteiger charge is -2.20. The summed E-state index contributed by atoms with van der Waals surface area (Å²) in [6.07, 6.45) is 0. The Balaban J connectivity index is 1.89. The van der Waals surface area contributed by atoms with Gasteiger partial charge >= 0.3 is 0 Å². The average Bonchev–Trinajstić information content (AvgIpc) is 2.99. The van der Waals surface area contributed by atoms with Gasteiger partial charge in [-0.1, -0.05) is 35.4 Å². The van der Waals surface area contributed by atoms with Crippen LogP contribution in [0.15, 0.2) is 58.3 Å². The minimum atomic E-state index is -3.76. The molecule has 2 aromatic rings. The molecule has 2 aromatic carbocycles. The SMILES string of the molecule is Cc1ccc(S(=O)(=O)N2C[C@@H](C)N(S(=O)(=O)c3ccc(C)cc3)C2)cc1. The van der Waals surface area contributed by atoms with E-state index in [1.54, 1.807) is 55.5 Å². The monoisotopic (exact) mass is 394 g/mol. The first-order chi connectivity index (χ1) is 12.1. The van der Waals surface area contributed by atoms with Crippen molar-refractivity contribution in [2.75, 3.05) is 13.2 Å². The van der Waals surface area contributed by atoms with Crippen LogP contribution in [0.1, 0.15) is 18.1 Å². The first kappa shape index (κ1) is 19.0. The molecule has 1 heterocycles. The maximum absolute atomic E-state index is 12.9. The van der Waals surface area contributed by atoms with Crippen LogP contribution in [0.2, 0.25) is 0 Å². The molecule has 3 rings (SSSR count). The van der Waals surface area contributed by atoms with Crippen LogP contribution >= 0.6 is 0 Å². The summed E-state index contributed by atoms with van der Waals surface area (Å²) in [7, 11) is -7.50. The van der Waals surface area contributed by atoms with Crippen LogP contribution < -0.4 is 0 Å². The number of sulfonamides is 2. The van der Waals surface area contributed by atoms with E-state index in [1.807, 2.05) is 13.8 Å². The van der Waals surface area contributed by atoms with Gasteiger partial charge in [0.2, 0.25) is 20.0 Å². The molecule has 0 saturated carbocycles. The lowest BCUT2D eigenvalue weighted by Crippen LogP contribution is -2.36. The molecule has 0 unspecified atom stereocenters. The van der Waals surface area contributed by atoms with Crippen molar-refractivity contribution in [1.29, 1.82) is 0 Å². The largest absolute Gasteiger partial charge is 0.244 e. The van der Waals surface area contributed by atoms with Gasteiger partial charge in [0.05, 0.1) is 16.5 Å². The fourth-order valence-electron chi connectivity index (χ4n) is 2.93. The van der Waals surface area contributed by atoms with E-state index in [1.165, 1.54) is 8.61 Å². The fraction of sp³-hybridized carbons (Fsp3) is 0.333. The molecule has 0 aliphatic carbocycles. The van der Waals surface area contributed by atoms with Gasteiger partial charge in [-0.15, -0.1) is 0 Å². The highest BCUT2D eigenvalue weighted by Gasteiger charge is 2.41. The molecular formula is C18H22N2O4S2. The van der Waals surface area contributed by atoms with E-state index in [-0.39, 0.29) is 23.0 Å². The maximum Gasteiger partial charge on any atom is 0.244 e. The number of aryl methyl sites for hydroxylation is 2. The molecule has 1 saturated heterocycles. The zero-order chi connectivity index (χ0) is 19.1. The second kappa shape index (κ2) is 6.77. The van der Waals surface area contributed by atoms with Gasteiger partial charge in [0.25, 0.3) is 0 Å². The van der Waals surface area contributed by atoms with Crippen molar-refractivity contribution in [3.8, 4) is 0 Å². The lowest BCUT2D eigenvalue weighted by atomic mass is 10.2. The van der Waals surface area contributed by atoms with Crippen LogP contribution in [-0.2, 0) is 20.0 Å². The van der Waals surface area contributed by atoms with E-state index < -0.39 is 26.1 Å². The van der Waals surface area contributed by atoms with Gasteiger partial charge in [-0.2, -0.15) is 8.61 Å². The molecule has 0 radical (unpaired) electrons. The molecule has 0 bridgehead atoms. The van der Waals surface area contributed by atoms with E-state index >= 15 is 0 Å². The second-order valence-electron chi connectivity index (χ2n) is 6.65. The molecular weight excluding hydrogens is 372 g/mol. The maximum atomic E-state index is 12.9. The van der Waals surface area contributed by atoms with Gasteiger partial charge in [-0.05, 0) is 45.0 Å². The molecule has 6 nitrogen and oxygen atoms in total. The van der Waals surface area contributed by atoms with Gasteiger partial charge in [-0.25, -0.2) is 16.8 Å². The van der Waals surface area contributed by atoms with Crippen LogP contribution in [0, 0.1) is 13.8 Å². The molecule has 1 aliphatic heterocycles. The summed E-state index contributed by atoms with van der Waals surface area (Å²) < 4.78 is 54.0. The van der Waals surface area contributed by atoms with Crippen molar-refractivity contribution in [3.63, 3.8) is 0 Å². The molecule has 1 aliphatic rings. The number of nitrogens with zero attached hydrogens (tertiary/aromatic N) is 2. The molecule has 0 amide bonds. The predicted octanol–water partition coefficient (Wildman–Crippen LogP) is 2.34.